The highest BCUT2D eigenvalue weighted by Crippen LogP contribution is 2.33. The highest BCUT2D eigenvalue weighted by atomic mass is 79.9. The molecule has 0 aliphatic rings. The molecule has 1 heterocycles. The van der Waals surface area contributed by atoms with Crippen LogP contribution < -0.4 is 0 Å². The summed E-state index contributed by atoms with van der Waals surface area (Å²) in [6.45, 7) is 4.21. The zero-order valence-corrected chi connectivity index (χ0v) is 14.7. The number of aliphatic hydroxyl groups is 1. The quantitative estimate of drug-likeness (QED) is 0.668. The molecule has 0 fully saturated rings. The average Bonchev–Trinajstić information content (AvgIpc) is 2.99. The Labute approximate surface area is 144 Å². The third-order valence-corrected chi connectivity index (χ3v) is 4.43. The van der Waals surface area contributed by atoms with Crippen LogP contribution in [0, 0.1) is 0 Å². The first-order valence-electron chi connectivity index (χ1n) is 7.56. The van der Waals surface area contributed by atoms with Gasteiger partial charge in [-0.1, -0.05) is 71.3 Å². The minimum Gasteiger partial charge on any atom is -0.391 e. The van der Waals surface area contributed by atoms with Crippen molar-refractivity contribution in [3.63, 3.8) is 0 Å². The summed E-state index contributed by atoms with van der Waals surface area (Å²) >= 11 is 3.42. The monoisotopic (exact) mass is 371 g/mol. The van der Waals surface area contributed by atoms with Gasteiger partial charge in [0.25, 0.3) is 0 Å². The highest BCUT2D eigenvalue weighted by Gasteiger charge is 2.18. The first-order valence-corrected chi connectivity index (χ1v) is 8.35. The van der Waals surface area contributed by atoms with Gasteiger partial charge >= 0.3 is 0 Å². The highest BCUT2D eigenvalue weighted by molar-refractivity contribution is 9.10. The van der Waals surface area contributed by atoms with Crippen molar-refractivity contribution < 1.29 is 9.63 Å². The molecule has 0 amide bonds. The molecule has 0 radical (unpaired) electrons. The molecular formula is C19H18BrNO2. The van der Waals surface area contributed by atoms with Gasteiger partial charge in [0.1, 0.15) is 5.69 Å². The van der Waals surface area contributed by atoms with E-state index in [0.29, 0.717) is 22.9 Å². The van der Waals surface area contributed by atoms with Crippen LogP contribution in [-0.4, -0.2) is 10.3 Å². The molecule has 3 aromatic rings. The molecule has 0 aliphatic carbocycles. The van der Waals surface area contributed by atoms with Crippen LogP contribution in [0.3, 0.4) is 0 Å². The van der Waals surface area contributed by atoms with Crippen LogP contribution in [0.1, 0.15) is 30.9 Å². The average molecular weight is 372 g/mol. The fraction of sp³-hybridized carbons (Fsp3) is 0.211. The summed E-state index contributed by atoms with van der Waals surface area (Å²) in [7, 11) is 0. The molecule has 0 unspecified atom stereocenters. The van der Waals surface area contributed by atoms with Gasteiger partial charge in [-0.2, -0.15) is 0 Å². The number of aliphatic hydroxyl groups excluding tert-OH is 1. The maximum Gasteiger partial charge on any atom is 0.173 e. The molecule has 2 aromatic carbocycles. The second kappa shape index (κ2) is 6.69. The Bertz CT molecular complexity index is 789. The zero-order chi connectivity index (χ0) is 16.4. The van der Waals surface area contributed by atoms with Crippen LogP contribution in [0.15, 0.2) is 57.5 Å². The van der Waals surface area contributed by atoms with E-state index in [-0.39, 0.29) is 6.61 Å². The normalized spacial score (nSPS) is 11.2. The third-order valence-electron chi connectivity index (χ3n) is 3.90. The van der Waals surface area contributed by atoms with Gasteiger partial charge in [-0.3, -0.25) is 0 Å². The number of nitrogens with zero attached hydrogens (tertiary/aromatic N) is 1. The largest absolute Gasteiger partial charge is 0.391 e. The third kappa shape index (κ3) is 3.23. The zero-order valence-electron chi connectivity index (χ0n) is 13.1. The Morgan fingerprint density at radius 3 is 2.17 bits per heavy atom. The Kier molecular flexibility index (Phi) is 4.64. The van der Waals surface area contributed by atoms with E-state index >= 15 is 0 Å². The molecule has 23 heavy (non-hydrogen) atoms. The number of halogens is 1. The summed E-state index contributed by atoms with van der Waals surface area (Å²) in [6.07, 6.45) is 0. The number of hydrogen-bond acceptors (Lipinski definition) is 3. The van der Waals surface area contributed by atoms with Gasteiger partial charge in [-0.25, -0.2) is 0 Å². The van der Waals surface area contributed by atoms with Gasteiger partial charge in [-0.05, 0) is 23.6 Å². The molecule has 0 bridgehead atoms. The molecule has 0 saturated carbocycles. The molecule has 3 rings (SSSR count). The summed E-state index contributed by atoms with van der Waals surface area (Å²) in [5.74, 6) is 1.11. The van der Waals surface area contributed by atoms with E-state index in [1.165, 1.54) is 5.56 Å². The SMILES string of the molecule is CC(C)c1ccc(-c2onc(-c3ccc(Br)cc3)c2CO)cc1. The fourth-order valence-corrected chi connectivity index (χ4v) is 2.80. The predicted molar refractivity (Wildman–Crippen MR) is 95.1 cm³/mol. The van der Waals surface area contributed by atoms with Crippen LogP contribution in [0.25, 0.3) is 22.6 Å². The maximum atomic E-state index is 9.80. The molecule has 0 aliphatic heterocycles. The minimum absolute atomic E-state index is 0.115. The Hall–Kier alpha value is -1.91. The first-order chi connectivity index (χ1) is 11.1. The van der Waals surface area contributed by atoms with Crippen molar-refractivity contribution in [2.45, 2.75) is 26.4 Å². The van der Waals surface area contributed by atoms with Gasteiger partial charge in [0.05, 0.1) is 12.2 Å². The van der Waals surface area contributed by atoms with E-state index in [4.69, 9.17) is 4.52 Å². The topological polar surface area (TPSA) is 46.3 Å². The van der Waals surface area contributed by atoms with Crippen molar-refractivity contribution in [3.05, 3.63) is 64.1 Å². The number of rotatable bonds is 4. The van der Waals surface area contributed by atoms with Crippen LogP contribution in [0.4, 0.5) is 0 Å². The maximum absolute atomic E-state index is 9.80. The van der Waals surface area contributed by atoms with Crippen LogP contribution >= 0.6 is 15.9 Å². The summed E-state index contributed by atoms with van der Waals surface area (Å²) in [4.78, 5) is 0. The van der Waals surface area contributed by atoms with E-state index in [9.17, 15) is 5.11 Å². The van der Waals surface area contributed by atoms with Crippen LogP contribution in [0.5, 0.6) is 0 Å². The fourth-order valence-electron chi connectivity index (χ4n) is 2.54. The molecular weight excluding hydrogens is 354 g/mol. The van der Waals surface area contributed by atoms with Gasteiger partial charge < -0.3 is 9.63 Å². The standard InChI is InChI=1S/C19H18BrNO2/c1-12(2)13-3-5-15(6-4-13)19-17(11-22)18(21-23-19)14-7-9-16(20)10-8-14/h3-10,12,22H,11H2,1-2H3. The van der Waals surface area contributed by atoms with Gasteiger partial charge in [0.15, 0.2) is 5.76 Å². The summed E-state index contributed by atoms with van der Waals surface area (Å²) in [5.41, 5.74) is 4.51. The van der Waals surface area contributed by atoms with E-state index in [0.717, 1.165) is 15.6 Å². The van der Waals surface area contributed by atoms with Crippen molar-refractivity contribution in [1.29, 1.82) is 0 Å². The number of hydrogen-bond donors (Lipinski definition) is 1. The minimum atomic E-state index is -0.115. The van der Waals surface area contributed by atoms with Crippen molar-refractivity contribution in [1.82, 2.24) is 5.16 Å². The Morgan fingerprint density at radius 2 is 1.61 bits per heavy atom. The van der Waals surface area contributed by atoms with E-state index < -0.39 is 0 Å². The smallest absolute Gasteiger partial charge is 0.173 e. The molecule has 0 saturated heterocycles. The summed E-state index contributed by atoms with van der Waals surface area (Å²) in [5, 5.41) is 14.0. The molecule has 4 heteroatoms. The second-order valence-corrected chi connectivity index (χ2v) is 6.70. The molecule has 1 aromatic heterocycles. The Morgan fingerprint density at radius 1 is 1.00 bits per heavy atom. The molecule has 118 valence electrons. The molecule has 0 atom stereocenters. The van der Waals surface area contributed by atoms with Crippen molar-refractivity contribution >= 4 is 15.9 Å². The van der Waals surface area contributed by atoms with Gasteiger partial charge in [0.2, 0.25) is 0 Å². The van der Waals surface area contributed by atoms with E-state index in [2.05, 4.69) is 47.1 Å². The van der Waals surface area contributed by atoms with Crippen LogP contribution in [-0.2, 0) is 6.61 Å². The molecule has 1 N–H and O–H groups in total. The lowest BCUT2D eigenvalue weighted by Gasteiger charge is -2.06. The summed E-state index contributed by atoms with van der Waals surface area (Å²) < 4.78 is 6.54. The lowest BCUT2D eigenvalue weighted by atomic mass is 9.99. The lowest BCUT2D eigenvalue weighted by Crippen LogP contribution is -1.90. The van der Waals surface area contributed by atoms with Crippen molar-refractivity contribution in [3.8, 4) is 22.6 Å². The summed E-state index contributed by atoms with van der Waals surface area (Å²) in [6, 6.07) is 16.0. The molecule has 3 nitrogen and oxygen atoms in total. The molecule has 0 spiro atoms. The van der Waals surface area contributed by atoms with Crippen LogP contribution in [0.2, 0.25) is 0 Å². The van der Waals surface area contributed by atoms with Gasteiger partial charge in [-0.15, -0.1) is 0 Å². The van der Waals surface area contributed by atoms with Gasteiger partial charge in [0, 0.05) is 15.6 Å². The first kappa shape index (κ1) is 16.0. The predicted octanol–water partition coefficient (Wildman–Crippen LogP) is 5.39. The van der Waals surface area contributed by atoms with Crippen molar-refractivity contribution in [2.75, 3.05) is 0 Å². The number of benzene rings is 2. The second-order valence-electron chi connectivity index (χ2n) is 5.78. The van der Waals surface area contributed by atoms with Crippen molar-refractivity contribution in [2.24, 2.45) is 0 Å². The van der Waals surface area contributed by atoms with E-state index in [1.54, 1.807) is 0 Å². The Balaban J connectivity index is 2.02. The number of aromatic nitrogens is 1. The van der Waals surface area contributed by atoms with E-state index in [1.807, 2.05) is 36.4 Å². The lowest BCUT2D eigenvalue weighted by molar-refractivity contribution is 0.281.